The Labute approximate surface area is 105 Å². The highest BCUT2D eigenvalue weighted by Gasteiger charge is 2.08. The average molecular weight is 332 g/mol. The van der Waals surface area contributed by atoms with Crippen LogP contribution >= 0.6 is 31.9 Å². The summed E-state index contributed by atoms with van der Waals surface area (Å²) in [5.41, 5.74) is 0.582. The molecule has 1 aromatic rings. The molecule has 0 aliphatic heterocycles. The van der Waals surface area contributed by atoms with Crippen LogP contribution in [0.1, 0.15) is 16.8 Å². The molecule has 0 radical (unpaired) electrons. The van der Waals surface area contributed by atoms with E-state index in [2.05, 4.69) is 37.8 Å². The predicted octanol–water partition coefficient (Wildman–Crippen LogP) is 3.43. The van der Waals surface area contributed by atoms with Crippen LogP contribution in [0.3, 0.4) is 0 Å². The highest BCUT2D eigenvalue weighted by Crippen LogP contribution is 2.34. The van der Waals surface area contributed by atoms with Crippen molar-refractivity contribution < 1.29 is 9.53 Å². The Morgan fingerprint density at radius 2 is 2.00 bits per heavy atom. The smallest absolute Gasteiger partial charge is 0.150 e. The highest BCUT2D eigenvalue weighted by molar-refractivity contribution is 9.11. The molecule has 0 unspecified atom stereocenters. The normalized spacial score (nSPS) is 9.40. The van der Waals surface area contributed by atoms with Gasteiger partial charge in [0.15, 0.2) is 0 Å². The minimum absolute atomic E-state index is 0.453. The lowest BCUT2D eigenvalue weighted by Gasteiger charge is -2.09. The van der Waals surface area contributed by atoms with Gasteiger partial charge in [0.25, 0.3) is 0 Å². The Kier molecular flexibility index (Phi) is 4.86. The summed E-state index contributed by atoms with van der Waals surface area (Å²) in [5.74, 6) is 3.15. The first-order valence-electron chi connectivity index (χ1n) is 4.19. The molecular weight excluding hydrogens is 324 g/mol. The van der Waals surface area contributed by atoms with Gasteiger partial charge in [-0.15, -0.1) is 12.3 Å². The fraction of sp³-hybridized carbons (Fsp3) is 0.182. The van der Waals surface area contributed by atoms with Crippen molar-refractivity contribution in [2.75, 3.05) is 6.61 Å². The standard InChI is InChI=1S/C11H8Br2O2/c1-2-3-4-15-11-9(12)5-8(7-14)6-10(11)13/h1,5-7H,3-4H2. The Morgan fingerprint density at radius 3 is 2.47 bits per heavy atom. The topological polar surface area (TPSA) is 26.3 Å². The molecule has 0 atom stereocenters. The maximum Gasteiger partial charge on any atom is 0.150 e. The summed E-state index contributed by atoms with van der Waals surface area (Å²) in [6, 6.07) is 3.39. The molecule has 0 aromatic heterocycles. The van der Waals surface area contributed by atoms with Crippen LogP contribution in [0.4, 0.5) is 0 Å². The predicted molar refractivity (Wildman–Crippen MR) is 66.2 cm³/mol. The van der Waals surface area contributed by atoms with Gasteiger partial charge >= 0.3 is 0 Å². The summed E-state index contributed by atoms with van der Waals surface area (Å²) in [4.78, 5) is 10.6. The fourth-order valence-electron chi connectivity index (χ4n) is 0.997. The van der Waals surface area contributed by atoms with Crippen molar-refractivity contribution in [2.24, 2.45) is 0 Å². The van der Waals surface area contributed by atoms with Crippen molar-refractivity contribution >= 4 is 38.1 Å². The minimum Gasteiger partial charge on any atom is -0.490 e. The van der Waals surface area contributed by atoms with Gasteiger partial charge in [-0.2, -0.15) is 0 Å². The Morgan fingerprint density at radius 1 is 1.40 bits per heavy atom. The van der Waals surface area contributed by atoms with Crippen molar-refractivity contribution in [1.82, 2.24) is 0 Å². The lowest BCUT2D eigenvalue weighted by atomic mass is 10.2. The van der Waals surface area contributed by atoms with Crippen LogP contribution in [0, 0.1) is 12.3 Å². The Bertz CT molecular complexity index is 385. The Balaban J connectivity index is 2.89. The molecule has 0 heterocycles. The van der Waals surface area contributed by atoms with Crippen molar-refractivity contribution in [3.63, 3.8) is 0 Å². The largest absolute Gasteiger partial charge is 0.490 e. The first-order valence-corrected chi connectivity index (χ1v) is 5.78. The summed E-state index contributed by atoms with van der Waals surface area (Å²) < 4.78 is 6.92. The van der Waals surface area contributed by atoms with E-state index in [1.54, 1.807) is 12.1 Å². The molecule has 4 heteroatoms. The molecule has 2 nitrogen and oxygen atoms in total. The fourth-order valence-corrected chi connectivity index (χ4v) is 2.45. The second kappa shape index (κ2) is 5.94. The van der Waals surface area contributed by atoms with Crippen molar-refractivity contribution in [2.45, 2.75) is 6.42 Å². The van der Waals surface area contributed by atoms with Gasteiger partial charge in [0.2, 0.25) is 0 Å². The maximum atomic E-state index is 10.6. The van der Waals surface area contributed by atoms with Crippen LogP contribution in [0.5, 0.6) is 5.75 Å². The number of aldehydes is 1. The quantitative estimate of drug-likeness (QED) is 0.480. The van der Waals surface area contributed by atoms with Crippen LogP contribution in [0.2, 0.25) is 0 Å². The van der Waals surface area contributed by atoms with E-state index in [0.717, 1.165) is 15.2 Å². The van der Waals surface area contributed by atoms with Crippen molar-refractivity contribution in [3.8, 4) is 18.1 Å². The molecule has 0 N–H and O–H groups in total. The van der Waals surface area contributed by atoms with Gasteiger partial charge in [-0.25, -0.2) is 0 Å². The first kappa shape index (κ1) is 12.3. The monoisotopic (exact) mass is 330 g/mol. The van der Waals surface area contributed by atoms with Gasteiger partial charge in [0.1, 0.15) is 12.0 Å². The number of benzene rings is 1. The van der Waals surface area contributed by atoms with E-state index in [-0.39, 0.29) is 0 Å². The average Bonchev–Trinajstić information content (AvgIpc) is 2.22. The van der Waals surface area contributed by atoms with E-state index in [0.29, 0.717) is 24.3 Å². The van der Waals surface area contributed by atoms with Crippen LogP contribution in [0.25, 0.3) is 0 Å². The summed E-state index contributed by atoms with van der Waals surface area (Å²) in [5, 5.41) is 0. The summed E-state index contributed by atoms with van der Waals surface area (Å²) >= 11 is 6.65. The SMILES string of the molecule is C#CCCOc1c(Br)cc(C=O)cc1Br. The van der Waals surface area contributed by atoms with Crippen LogP contribution in [0.15, 0.2) is 21.1 Å². The summed E-state index contributed by atoms with van der Waals surface area (Å²) in [7, 11) is 0. The molecule has 1 rings (SSSR count). The van der Waals surface area contributed by atoms with Crippen molar-refractivity contribution in [1.29, 1.82) is 0 Å². The number of rotatable bonds is 4. The first-order chi connectivity index (χ1) is 7.19. The second-order valence-electron chi connectivity index (χ2n) is 2.73. The molecule has 0 aliphatic carbocycles. The molecule has 0 saturated heterocycles. The molecule has 0 aliphatic rings. The zero-order valence-electron chi connectivity index (χ0n) is 7.80. The number of hydrogen-bond acceptors (Lipinski definition) is 2. The molecular formula is C11H8Br2O2. The third-order valence-electron chi connectivity index (χ3n) is 1.65. The molecule has 1 aromatic carbocycles. The van der Waals surface area contributed by atoms with E-state index >= 15 is 0 Å². The molecule has 0 bridgehead atoms. The summed E-state index contributed by atoms with van der Waals surface area (Å²) in [6.45, 7) is 0.453. The summed E-state index contributed by atoms with van der Waals surface area (Å²) in [6.07, 6.45) is 6.44. The zero-order valence-corrected chi connectivity index (χ0v) is 11.0. The van der Waals surface area contributed by atoms with E-state index in [9.17, 15) is 4.79 Å². The molecule has 0 amide bonds. The van der Waals surface area contributed by atoms with Gasteiger partial charge in [-0.3, -0.25) is 4.79 Å². The Hall–Kier alpha value is -0.790. The van der Waals surface area contributed by atoms with Crippen molar-refractivity contribution in [3.05, 3.63) is 26.6 Å². The van der Waals surface area contributed by atoms with E-state index < -0.39 is 0 Å². The van der Waals surface area contributed by atoms with Crippen LogP contribution in [-0.4, -0.2) is 12.9 Å². The number of carbonyl (C=O) groups excluding carboxylic acids is 1. The van der Waals surface area contributed by atoms with Gasteiger partial charge in [0, 0.05) is 12.0 Å². The number of hydrogen-bond donors (Lipinski definition) is 0. The molecule has 0 saturated carbocycles. The number of halogens is 2. The van der Waals surface area contributed by atoms with E-state index in [1.165, 1.54) is 0 Å². The van der Waals surface area contributed by atoms with Gasteiger partial charge in [-0.05, 0) is 44.0 Å². The third-order valence-corrected chi connectivity index (χ3v) is 2.83. The minimum atomic E-state index is 0.453. The molecule has 0 fully saturated rings. The van der Waals surface area contributed by atoms with Crippen LogP contribution < -0.4 is 4.74 Å². The van der Waals surface area contributed by atoms with Gasteiger partial charge < -0.3 is 4.74 Å². The third kappa shape index (κ3) is 3.37. The number of terminal acetylenes is 1. The van der Waals surface area contributed by atoms with Gasteiger partial charge in [0.05, 0.1) is 15.6 Å². The van der Waals surface area contributed by atoms with Gasteiger partial charge in [-0.1, -0.05) is 0 Å². The van der Waals surface area contributed by atoms with E-state index in [4.69, 9.17) is 11.2 Å². The highest BCUT2D eigenvalue weighted by atomic mass is 79.9. The lowest BCUT2D eigenvalue weighted by molar-refractivity contribution is 0.112. The lowest BCUT2D eigenvalue weighted by Crippen LogP contribution is -1.98. The van der Waals surface area contributed by atoms with Crippen LogP contribution in [-0.2, 0) is 0 Å². The number of carbonyl (C=O) groups is 1. The zero-order chi connectivity index (χ0) is 11.3. The number of ether oxygens (including phenoxy) is 1. The van der Waals surface area contributed by atoms with E-state index in [1.807, 2.05) is 0 Å². The maximum absolute atomic E-state index is 10.6. The molecule has 0 spiro atoms. The second-order valence-corrected chi connectivity index (χ2v) is 4.44. The molecule has 15 heavy (non-hydrogen) atoms. The molecule has 78 valence electrons.